The van der Waals surface area contributed by atoms with Crippen molar-refractivity contribution in [2.75, 3.05) is 6.54 Å². The number of carbonyl (C=O) groups is 2. The quantitative estimate of drug-likeness (QED) is 0.905. The summed E-state index contributed by atoms with van der Waals surface area (Å²) >= 11 is 0. The van der Waals surface area contributed by atoms with Crippen LogP contribution >= 0.6 is 0 Å². The number of primary amides is 1. The van der Waals surface area contributed by atoms with Crippen LogP contribution in [0.15, 0.2) is 6.07 Å². The maximum absolute atomic E-state index is 13.2. The van der Waals surface area contributed by atoms with Gasteiger partial charge in [-0.05, 0) is 79.7 Å². The van der Waals surface area contributed by atoms with Gasteiger partial charge in [0.1, 0.15) is 5.69 Å². The van der Waals surface area contributed by atoms with Crippen LogP contribution in [0.3, 0.4) is 0 Å². The van der Waals surface area contributed by atoms with E-state index in [1.807, 2.05) is 22.6 Å². The number of carbonyl (C=O) groups excluding carboxylic acids is 2. The molecular formula is C21H29N3O2. The molecule has 0 atom stereocenters. The molecule has 1 aromatic heterocycles. The highest BCUT2D eigenvalue weighted by Gasteiger charge is 2.51. The van der Waals surface area contributed by atoms with Crippen LogP contribution in [0.2, 0.25) is 0 Å². The molecule has 5 heteroatoms. The van der Waals surface area contributed by atoms with Crippen molar-refractivity contribution in [3.63, 3.8) is 0 Å². The van der Waals surface area contributed by atoms with E-state index in [9.17, 15) is 9.59 Å². The van der Waals surface area contributed by atoms with Crippen LogP contribution < -0.4 is 5.73 Å². The molecule has 5 aliphatic rings. The first-order valence-corrected chi connectivity index (χ1v) is 10.2. The molecule has 4 aliphatic carbocycles. The first kappa shape index (κ1) is 16.4. The highest BCUT2D eigenvalue weighted by molar-refractivity contribution is 5.91. The smallest absolute Gasteiger partial charge is 0.265 e. The normalized spacial score (nSPS) is 34.8. The molecular weight excluding hydrogens is 326 g/mol. The fraction of sp³-hybridized carbons (Fsp3) is 0.714. The minimum Gasteiger partial charge on any atom is -0.364 e. The van der Waals surface area contributed by atoms with Gasteiger partial charge in [0.2, 0.25) is 5.91 Å². The predicted molar refractivity (Wildman–Crippen MR) is 98.3 cm³/mol. The topological polar surface area (TPSA) is 68.3 Å². The summed E-state index contributed by atoms with van der Waals surface area (Å²) in [6, 6.07) is 1.90. The number of rotatable bonds is 3. The lowest BCUT2D eigenvalue weighted by Gasteiger charge is -2.57. The Bertz CT molecular complexity index is 743. The third-order valence-electron chi connectivity index (χ3n) is 7.74. The third kappa shape index (κ3) is 2.50. The Hall–Kier alpha value is -1.78. The van der Waals surface area contributed by atoms with E-state index in [4.69, 9.17) is 5.73 Å². The van der Waals surface area contributed by atoms with Gasteiger partial charge < -0.3 is 15.2 Å². The summed E-state index contributed by atoms with van der Waals surface area (Å²) in [5.41, 5.74) is 8.55. The van der Waals surface area contributed by atoms with Crippen LogP contribution in [0.1, 0.15) is 66.7 Å². The molecule has 4 fully saturated rings. The van der Waals surface area contributed by atoms with E-state index in [0.29, 0.717) is 23.6 Å². The Kier molecular flexibility index (Phi) is 3.54. The molecule has 4 bridgehead atoms. The molecule has 4 saturated carbocycles. The fourth-order valence-corrected chi connectivity index (χ4v) is 7.03. The minimum absolute atomic E-state index is 0.290. The predicted octanol–water partition coefficient (Wildman–Crippen LogP) is 2.62. The largest absolute Gasteiger partial charge is 0.364 e. The molecule has 5 nitrogen and oxygen atoms in total. The van der Waals surface area contributed by atoms with E-state index in [1.54, 1.807) is 0 Å². The second kappa shape index (κ2) is 5.61. The molecule has 0 unspecified atom stereocenters. The van der Waals surface area contributed by atoms with Crippen LogP contribution in [-0.2, 0) is 24.8 Å². The minimum atomic E-state index is -0.395. The average Bonchev–Trinajstić information content (AvgIpc) is 2.90. The highest BCUT2D eigenvalue weighted by Crippen LogP contribution is 2.61. The maximum atomic E-state index is 13.2. The van der Waals surface area contributed by atoms with Crippen molar-refractivity contribution in [1.82, 2.24) is 9.47 Å². The monoisotopic (exact) mass is 355 g/mol. The highest BCUT2D eigenvalue weighted by atomic mass is 16.2. The van der Waals surface area contributed by atoms with Crippen molar-refractivity contribution in [1.29, 1.82) is 0 Å². The second-order valence-corrected chi connectivity index (χ2v) is 9.58. The molecule has 0 radical (unpaired) electrons. The lowest BCUT2D eigenvalue weighted by atomic mass is 9.49. The molecule has 1 aliphatic heterocycles. The van der Waals surface area contributed by atoms with Gasteiger partial charge in [-0.25, -0.2) is 0 Å². The Labute approximate surface area is 154 Å². The van der Waals surface area contributed by atoms with Crippen LogP contribution in [-0.4, -0.2) is 27.8 Å². The maximum Gasteiger partial charge on any atom is 0.265 e. The Morgan fingerprint density at radius 3 is 2.35 bits per heavy atom. The van der Waals surface area contributed by atoms with Crippen molar-refractivity contribution in [2.24, 2.45) is 36.0 Å². The van der Waals surface area contributed by atoms with Crippen molar-refractivity contribution in [3.8, 4) is 0 Å². The van der Waals surface area contributed by atoms with Crippen molar-refractivity contribution in [2.45, 2.75) is 57.9 Å². The number of amides is 2. The van der Waals surface area contributed by atoms with Crippen LogP contribution in [0.5, 0.6) is 0 Å². The fourth-order valence-electron chi connectivity index (χ4n) is 7.03. The summed E-state index contributed by atoms with van der Waals surface area (Å²) in [7, 11) is 1.88. The zero-order chi connectivity index (χ0) is 18.1. The zero-order valence-corrected chi connectivity index (χ0v) is 15.7. The number of nitrogens with zero attached hydrogens (tertiary/aromatic N) is 2. The van der Waals surface area contributed by atoms with Gasteiger partial charge in [-0.3, -0.25) is 9.59 Å². The summed E-state index contributed by atoms with van der Waals surface area (Å²) in [4.78, 5) is 26.8. The molecule has 0 spiro atoms. The van der Waals surface area contributed by atoms with Gasteiger partial charge in [0, 0.05) is 25.7 Å². The molecule has 0 aromatic carbocycles. The first-order valence-electron chi connectivity index (χ1n) is 10.2. The van der Waals surface area contributed by atoms with E-state index >= 15 is 0 Å². The van der Waals surface area contributed by atoms with Gasteiger partial charge in [-0.2, -0.15) is 0 Å². The Morgan fingerprint density at radius 2 is 1.77 bits per heavy atom. The SMILES string of the molecule is Cn1c(C(N)=O)cc2c1CN(C(=O)CC13CC4CC(CC(C4)C1)C3)CC2. The van der Waals surface area contributed by atoms with E-state index in [2.05, 4.69) is 0 Å². The van der Waals surface area contributed by atoms with Gasteiger partial charge in [0.05, 0.1) is 6.54 Å². The molecule has 2 heterocycles. The van der Waals surface area contributed by atoms with Gasteiger partial charge in [0.25, 0.3) is 5.91 Å². The lowest BCUT2D eigenvalue weighted by Crippen LogP contribution is -2.49. The van der Waals surface area contributed by atoms with E-state index in [0.717, 1.165) is 42.8 Å². The van der Waals surface area contributed by atoms with Crippen molar-refractivity contribution in [3.05, 3.63) is 23.0 Å². The summed E-state index contributed by atoms with van der Waals surface area (Å²) in [5, 5.41) is 0. The molecule has 6 rings (SSSR count). The molecule has 2 N–H and O–H groups in total. The summed E-state index contributed by atoms with van der Waals surface area (Å²) in [5.74, 6) is 2.57. The third-order valence-corrected chi connectivity index (χ3v) is 7.74. The number of nitrogens with two attached hydrogens (primary N) is 1. The average molecular weight is 355 g/mol. The van der Waals surface area contributed by atoms with E-state index < -0.39 is 5.91 Å². The van der Waals surface area contributed by atoms with Crippen LogP contribution in [0.4, 0.5) is 0 Å². The number of aromatic nitrogens is 1. The van der Waals surface area contributed by atoms with Gasteiger partial charge in [0.15, 0.2) is 0 Å². The van der Waals surface area contributed by atoms with Crippen LogP contribution in [0.25, 0.3) is 0 Å². The molecule has 140 valence electrons. The number of hydrogen-bond acceptors (Lipinski definition) is 2. The van der Waals surface area contributed by atoms with Crippen molar-refractivity contribution >= 4 is 11.8 Å². The first-order chi connectivity index (χ1) is 12.4. The number of fused-ring (bicyclic) bond motifs is 1. The lowest BCUT2D eigenvalue weighted by molar-refractivity contribution is -0.140. The number of hydrogen-bond donors (Lipinski definition) is 1. The van der Waals surface area contributed by atoms with Gasteiger partial charge in [-0.1, -0.05) is 0 Å². The van der Waals surface area contributed by atoms with Gasteiger partial charge in [-0.15, -0.1) is 0 Å². The molecule has 0 saturated heterocycles. The van der Waals surface area contributed by atoms with Crippen LogP contribution in [0, 0.1) is 23.2 Å². The summed E-state index contributed by atoms with van der Waals surface area (Å²) < 4.78 is 1.88. The molecule has 1 aromatic rings. The Morgan fingerprint density at radius 1 is 1.15 bits per heavy atom. The summed E-state index contributed by atoms with van der Waals surface area (Å²) in [6.07, 6.45) is 9.64. The Balaban J connectivity index is 1.32. The molecule has 2 amide bonds. The van der Waals surface area contributed by atoms with Gasteiger partial charge >= 0.3 is 0 Å². The van der Waals surface area contributed by atoms with E-state index in [1.165, 1.54) is 44.1 Å². The van der Waals surface area contributed by atoms with E-state index in [-0.39, 0.29) is 0 Å². The zero-order valence-electron chi connectivity index (χ0n) is 15.7. The second-order valence-electron chi connectivity index (χ2n) is 9.58. The summed E-state index contributed by atoms with van der Waals surface area (Å²) in [6.45, 7) is 1.38. The standard InChI is InChI=1S/C21H29N3O2/c1-23-17(20(22)26)7-16-2-3-24(12-18(16)23)19(25)11-21-8-13-4-14(9-21)6-15(5-13)10-21/h7,13-15H,2-6,8-12H2,1H3,(H2,22,26). The van der Waals surface area contributed by atoms with Crippen molar-refractivity contribution < 1.29 is 9.59 Å². The molecule has 26 heavy (non-hydrogen) atoms.